The van der Waals surface area contributed by atoms with E-state index in [9.17, 15) is 0 Å². The minimum atomic E-state index is 0.214. The van der Waals surface area contributed by atoms with Gasteiger partial charge in [-0.05, 0) is 56.5 Å². The number of nitrogens with one attached hydrogen (secondary N) is 1. The molecule has 7 heteroatoms. The van der Waals surface area contributed by atoms with Gasteiger partial charge >= 0.3 is 0 Å². The molecule has 0 unspecified atom stereocenters. The second-order valence-corrected chi connectivity index (χ2v) is 9.20. The normalized spacial score (nSPS) is 15.2. The monoisotopic (exact) mass is 456 g/mol. The lowest BCUT2D eigenvalue weighted by molar-refractivity contribution is 0.211. The standard InChI is InChI=1S/C27H32N6O/c1-19(2)33-26(21-9-11-23(34-3)12-10-21)31-24-25(28-18-29-27(24)33)30-22-13-15-32(16-14-22)17-20-7-5-4-6-8-20/h4-12,18-19,22H,13-17H2,1-3H3,(H,28,29,30). The molecule has 1 aliphatic heterocycles. The third-order valence-corrected chi connectivity index (χ3v) is 6.52. The SMILES string of the molecule is COc1ccc(-c2nc3c(NC4CCN(Cc5ccccc5)CC4)ncnc3n2C(C)C)cc1. The lowest BCUT2D eigenvalue weighted by atomic mass is 10.0. The van der Waals surface area contributed by atoms with Gasteiger partial charge in [-0.1, -0.05) is 30.3 Å². The molecule has 7 nitrogen and oxygen atoms in total. The van der Waals surface area contributed by atoms with Gasteiger partial charge < -0.3 is 14.6 Å². The van der Waals surface area contributed by atoms with Gasteiger partial charge in [-0.3, -0.25) is 4.90 Å². The topological polar surface area (TPSA) is 68.1 Å². The van der Waals surface area contributed by atoms with E-state index in [2.05, 4.69) is 68.9 Å². The van der Waals surface area contributed by atoms with Crippen molar-refractivity contribution in [2.45, 2.75) is 45.3 Å². The Kier molecular flexibility index (Phi) is 6.45. The highest BCUT2D eigenvalue weighted by molar-refractivity contribution is 5.86. The minimum absolute atomic E-state index is 0.214. The summed E-state index contributed by atoms with van der Waals surface area (Å²) in [5.41, 5.74) is 4.10. The summed E-state index contributed by atoms with van der Waals surface area (Å²) >= 11 is 0. The lowest BCUT2D eigenvalue weighted by Gasteiger charge is -2.32. The number of ether oxygens (including phenoxy) is 1. The number of benzene rings is 2. The van der Waals surface area contributed by atoms with E-state index in [1.807, 2.05) is 24.3 Å². The quantitative estimate of drug-likeness (QED) is 0.414. The first-order chi connectivity index (χ1) is 16.6. The first kappa shape index (κ1) is 22.3. The Morgan fingerprint density at radius 3 is 2.41 bits per heavy atom. The van der Waals surface area contributed by atoms with Gasteiger partial charge in [-0.2, -0.15) is 0 Å². The summed E-state index contributed by atoms with van der Waals surface area (Å²) in [5, 5.41) is 3.68. The number of methoxy groups -OCH3 is 1. The van der Waals surface area contributed by atoms with Gasteiger partial charge in [0.1, 0.15) is 17.9 Å². The number of aromatic nitrogens is 4. The zero-order valence-electron chi connectivity index (χ0n) is 20.1. The molecule has 2 aromatic heterocycles. The van der Waals surface area contributed by atoms with Gasteiger partial charge in [0.2, 0.25) is 0 Å². The van der Waals surface area contributed by atoms with Crippen LogP contribution in [0.1, 0.15) is 38.3 Å². The number of nitrogens with zero attached hydrogens (tertiary/aromatic N) is 5. The number of rotatable bonds is 7. The maximum atomic E-state index is 5.32. The van der Waals surface area contributed by atoms with E-state index < -0.39 is 0 Å². The molecule has 1 saturated heterocycles. The molecule has 1 N–H and O–H groups in total. The Hall–Kier alpha value is -3.45. The molecule has 0 amide bonds. The first-order valence-electron chi connectivity index (χ1n) is 12.0. The molecule has 0 aliphatic carbocycles. The van der Waals surface area contributed by atoms with Crippen LogP contribution in [0.15, 0.2) is 60.9 Å². The molecule has 0 spiro atoms. The summed E-state index contributed by atoms with van der Waals surface area (Å²) in [5.74, 6) is 2.55. The Labute approximate surface area is 200 Å². The average molecular weight is 457 g/mol. The Morgan fingerprint density at radius 1 is 1.00 bits per heavy atom. The lowest BCUT2D eigenvalue weighted by Crippen LogP contribution is -2.38. The third-order valence-electron chi connectivity index (χ3n) is 6.52. The number of hydrogen-bond acceptors (Lipinski definition) is 6. The highest BCUT2D eigenvalue weighted by Crippen LogP contribution is 2.31. The van der Waals surface area contributed by atoms with Crippen molar-refractivity contribution in [2.24, 2.45) is 0 Å². The van der Waals surface area contributed by atoms with Crippen LogP contribution in [-0.4, -0.2) is 50.7 Å². The highest BCUT2D eigenvalue weighted by Gasteiger charge is 2.23. The van der Waals surface area contributed by atoms with Crippen molar-refractivity contribution in [3.8, 4) is 17.1 Å². The van der Waals surface area contributed by atoms with Crippen LogP contribution < -0.4 is 10.1 Å². The summed E-state index contributed by atoms with van der Waals surface area (Å²) < 4.78 is 7.51. The first-order valence-corrected chi connectivity index (χ1v) is 12.0. The van der Waals surface area contributed by atoms with E-state index in [-0.39, 0.29) is 6.04 Å². The van der Waals surface area contributed by atoms with Crippen molar-refractivity contribution < 1.29 is 4.74 Å². The van der Waals surface area contributed by atoms with Gasteiger partial charge in [0, 0.05) is 37.3 Å². The molecule has 34 heavy (non-hydrogen) atoms. The van der Waals surface area contributed by atoms with E-state index in [0.717, 1.165) is 66.6 Å². The molecule has 3 heterocycles. The van der Waals surface area contributed by atoms with Crippen LogP contribution in [0.25, 0.3) is 22.6 Å². The Morgan fingerprint density at radius 2 is 1.74 bits per heavy atom. The van der Waals surface area contributed by atoms with Gasteiger partial charge in [0.15, 0.2) is 17.0 Å². The number of anilines is 1. The maximum absolute atomic E-state index is 5.32. The molecule has 1 aliphatic rings. The molecular weight excluding hydrogens is 424 g/mol. The van der Waals surface area contributed by atoms with Crippen LogP contribution in [0, 0.1) is 0 Å². The van der Waals surface area contributed by atoms with Gasteiger partial charge in [0.05, 0.1) is 7.11 Å². The van der Waals surface area contributed by atoms with Crippen LogP contribution >= 0.6 is 0 Å². The van der Waals surface area contributed by atoms with E-state index in [1.165, 1.54) is 5.56 Å². The van der Waals surface area contributed by atoms with E-state index in [1.54, 1.807) is 13.4 Å². The predicted molar refractivity (Wildman–Crippen MR) is 136 cm³/mol. The second-order valence-electron chi connectivity index (χ2n) is 9.20. The van der Waals surface area contributed by atoms with Gasteiger partial charge in [0.25, 0.3) is 0 Å². The van der Waals surface area contributed by atoms with E-state index in [0.29, 0.717) is 6.04 Å². The summed E-state index contributed by atoms with van der Waals surface area (Å²) in [6.45, 7) is 7.46. The molecule has 0 saturated carbocycles. The number of fused-ring (bicyclic) bond motifs is 1. The van der Waals surface area contributed by atoms with Crippen LogP contribution in [0.3, 0.4) is 0 Å². The molecule has 4 aromatic rings. The van der Waals surface area contributed by atoms with Crippen molar-refractivity contribution >= 4 is 17.0 Å². The number of hydrogen-bond donors (Lipinski definition) is 1. The van der Waals surface area contributed by atoms with Crippen molar-refractivity contribution in [3.05, 3.63) is 66.5 Å². The maximum Gasteiger partial charge on any atom is 0.166 e. The second kappa shape index (κ2) is 9.81. The summed E-state index contributed by atoms with van der Waals surface area (Å²) in [4.78, 5) is 16.7. The molecule has 0 bridgehead atoms. The molecule has 1 fully saturated rings. The Bertz CT molecular complexity index is 1230. The fourth-order valence-corrected chi connectivity index (χ4v) is 4.72. The fourth-order valence-electron chi connectivity index (χ4n) is 4.72. The van der Waals surface area contributed by atoms with Crippen molar-refractivity contribution in [1.29, 1.82) is 0 Å². The summed E-state index contributed by atoms with van der Waals surface area (Å²) in [6.07, 6.45) is 3.80. The smallest absolute Gasteiger partial charge is 0.166 e. The minimum Gasteiger partial charge on any atom is -0.497 e. The largest absolute Gasteiger partial charge is 0.497 e. The van der Waals surface area contributed by atoms with Gasteiger partial charge in [-0.25, -0.2) is 15.0 Å². The predicted octanol–water partition coefficient (Wildman–Crippen LogP) is 5.16. The van der Waals surface area contributed by atoms with E-state index >= 15 is 0 Å². The van der Waals surface area contributed by atoms with Crippen LogP contribution in [0.5, 0.6) is 5.75 Å². The van der Waals surface area contributed by atoms with Crippen LogP contribution in [-0.2, 0) is 6.54 Å². The summed E-state index contributed by atoms with van der Waals surface area (Å²) in [6, 6.07) is 19.3. The number of piperidine rings is 1. The molecule has 2 aromatic carbocycles. The molecule has 0 radical (unpaired) electrons. The van der Waals surface area contributed by atoms with Crippen molar-refractivity contribution in [3.63, 3.8) is 0 Å². The zero-order chi connectivity index (χ0) is 23.5. The van der Waals surface area contributed by atoms with Crippen molar-refractivity contribution in [1.82, 2.24) is 24.4 Å². The third kappa shape index (κ3) is 4.61. The summed E-state index contributed by atoms with van der Waals surface area (Å²) in [7, 11) is 1.68. The molecule has 176 valence electrons. The van der Waals surface area contributed by atoms with Crippen LogP contribution in [0.2, 0.25) is 0 Å². The fraction of sp³-hybridized carbons (Fsp3) is 0.370. The average Bonchev–Trinajstić information content (AvgIpc) is 3.27. The number of imidazole rings is 1. The highest BCUT2D eigenvalue weighted by atomic mass is 16.5. The van der Waals surface area contributed by atoms with Crippen molar-refractivity contribution in [2.75, 3.05) is 25.5 Å². The zero-order valence-corrected chi connectivity index (χ0v) is 20.1. The Balaban J connectivity index is 1.36. The number of likely N-dealkylation sites (tertiary alicyclic amines) is 1. The molecule has 5 rings (SSSR count). The van der Waals surface area contributed by atoms with E-state index in [4.69, 9.17) is 9.72 Å². The van der Waals surface area contributed by atoms with Gasteiger partial charge in [-0.15, -0.1) is 0 Å². The van der Waals surface area contributed by atoms with Crippen LogP contribution in [0.4, 0.5) is 5.82 Å². The molecule has 0 atom stereocenters. The molecular formula is C27H32N6O.